The Morgan fingerprint density at radius 3 is 2.53 bits per heavy atom. The molecule has 1 aromatic carbocycles. The molecule has 0 aliphatic carbocycles. The van der Waals surface area contributed by atoms with Crippen LogP contribution in [0, 0.1) is 5.92 Å². The van der Waals surface area contributed by atoms with E-state index < -0.39 is 5.97 Å². The molecule has 2 rings (SSSR count). The Balaban J connectivity index is 2.06. The lowest BCUT2D eigenvalue weighted by Crippen LogP contribution is -2.23. The van der Waals surface area contributed by atoms with E-state index in [0.717, 1.165) is 25.2 Å². The molecule has 0 aromatic heterocycles. The normalized spacial score (nSPS) is 21.5. The van der Waals surface area contributed by atoms with Crippen molar-refractivity contribution in [1.29, 1.82) is 0 Å². The molecule has 0 unspecified atom stereocenters. The zero-order valence-corrected chi connectivity index (χ0v) is 9.84. The summed E-state index contributed by atoms with van der Waals surface area (Å²) in [4.78, 5) is 12.9. The molecule has 0 radical (unpaired) electrons. The summed E-state index contributed by atoms with van der Waals surface area (Å²) in [6.07, 6.45) is 0.705. The summed E-state index contributed by atoms with van der Waals surface area (Å²) in [5.74, 6) is -0.589. The Hall–Kier alpha value is -1.55. The highest BCUT2D eigenvalue weighted by atomic mass is 16.4. The largest absolute Gasteiger partial charge is 0.478 e. The molecule has 0 bridgehead atoms. The van der Waals surface area contributed by atoms with E-state index in [4.69, 9.17) is 5.11 Å². The lowest BCUT2D eigenvalue weighted by atomic mass is 10.0. The molecule has 1 saturated heterocycles. The van der Waals surface area contributed by atoms with E-state index >= 15 is 0 Å². The number of carboxylic acids is 1. The number of aromatic carboxylic acids is 1. The van der Waals surface area contributed by atoms with Gasteiger partial charge in [0, 0.05) is 24.7 Å². The summed E-state index contributed by atoms with van der Waals surface area (Å²) >= 11 is 0. The molecule has 0 amide bonds. The fourth-order valence-electron chi connectivity index (χ4n) is 2.23. The van der Waals surface area contributed by atoms with Gasteiger partial charge in [-0.1, -0.05) is 0 Å². The average Bonchev–Trinajstić information content (AvgIpc) is 2.78. The number of anilines is 1. The molecule has 4 nitrogen and oxygen atoms in total. The number of carboxylic acid groups (broad SMARTS) is 1. The number of rotatable bonds is 3. The first-order valence-electron chi connectivity index (χ1n) is 5.84. The quantitative estimate of drug-likeness (QED) is 0.835. The van der Waals surface area contributed by atoms with Gasteiger partial charge >= 0.3 is 5.97 Å². The molecule has 1 fully saturated rings. The molecule has 92 valence electrons. The highest BCUT2D eigenvalue weighted by Gasteiger charge is 2.26. The fourth-order valence-corrected chi connectivity index (χ4v) is 2.23. The molecule has 2 atom stereocenters. The van der Waals surface area contributed by atoms with Gasteiger partial charge in [0.05, 0.1) is 11.7 Å². The molecule has 17 heavy (non-hydrogen) atoms. The summed E-state index contributed by atoms with van der Waals surface area (Å²) < 4.78 is 0. The van der Waals surface area contributed by atoms with Crippen LogP contribution in [0.1, 0.15) is 23.7 Å². The molecule has 4 heteroatoms. The van der Waals surface area contributed by atoms with Crippen molar-refractivity contribution >= 4 is 11.7 Å². The third kappa shape index (κ3) is 2.58. The fraction of sp³-hybridized carbons (Fsp3) is 0.462. The minimum absolute atomic E-state index is 0.279. The summed E-state index contributed by atoms with van der Waals surface area (Å²) in [5.41, 5.74) is 1.33. The molecule has 0 spiro atoms. The van der Waals surface area contributed by atoms with Crippen LogP contribution in [-0.4, -0.2) is 35.4 Å². The topological polar surface area (TPSA) is 60.8 Å². The van der Waals surface area contributed by atoms with Crippen LogP contribution in [0.5, 0.6) is 0 Å². The maximum atomic E-state index is 10.7. The van der Waals surface area contributed by atoms with Crippen LogP contribution in [0.4, 0.5) is 5.69 Å². The number of aliphatic hydroxyl groups excluding tert-OH is 1. The van der Waals surface area contributed by atoms with Crippen molar-refractivity contribution in [2.45, 2.75) is 19.4 Å². The first kappa shape index (κ1) is 11.9. The van der Waals surface area contributed by atoms with Crippen LogP contribution < -0.4 is 4.90 Å². The van der Waals surface area contributed by atoms with Gasteiger partial charge in [0.15, 0.2) is 0 Å². The predicted octanol–water partition coefficient (Wildman–Crippen LogP) is 1.59. The van der Waals surface area contributed by atoms with Crippen LogP contribution in [0.15, 0.2) is 24.3 Å². The number of benzene rings is 1. The zero-order valence-electron chi connectivity index (χ0n) is 9.84. The van der Waals surface area contributed by atoms with Gasteiger partial charge in [0.2, 0.25) is 0 Å². The maximum Gasteiger partial charge on any atom is 0.335 e. The molecule has 1 heterocycles. The summed E-state index contributed by atoms with van der Waals surface area (Å²) in [6.45, 7) is 3.58. The molecule has 1 aromatic rings. The molecule has 2 N–H and O–H groups in total. The van der Waals surface area contributed by atoms with Gasteiger partial charge in [-0.3, -0.25) is 0 Å². The van der Waals surface area contributed by atoms with Crippen molar-refractivity contribution in [3.05, 3.63) is 29.8 Å². The minimum Gasteiger partial charge on any atom is -0.478 e. The number of carbonyl (C=O) groups is 1. The van der Waals surface area contributed by atoms with Crippen LogP contribution in [0.3, 0.4) is 0 Å². The summed E-state index contributed by atoms with van der Waals surface area (Å²) in [5, 5.41) is 18.3. The molecule has 1 aliphatic rings. The second-order valence-electron chi connectivity index (χ2n) is 4.59. The second kappa shape index (κ2) is 4.75. The number of hydrogen-bond acceptors (Lipinski definition) is 3. The summed E-state index contributed by atoms with van der Waals surface area (Å²) in [7, 11) is 0. The van der Waals surface area contributed by atoms with Crippen LogP contribution >= 0.6 is 0 Å². The first-order valence-corrected chi connectivity index (χ1v) is 5.84. The van der Waals surface area contributed by atoms with E-state index in [1.54, 1.807) is 12.1 Å². The van der Waals surface area contributed by atoms with E-state index in [-0.39, 0.29) is 6.10 Å². The Kier molecular flexibility index (Phi) is 3.33. The van der Waals surface area contributed by atoms with Crippen molar-refractivity contribution < 1.29 is 15.0 Å². The van der Waals surface area contributed by atoms with E-state index in [2.05, 4.69) is 4.90 Å². The van der Waals surface area contributed by atoms with Crippen molar-refractivity contribution in [2.75, 3.05) is 18.0 Å². The lowest BCUT2D eigenvalue weighted by Gasteiger charge is -2.19. The minimum atomic E-state index is -0.903. The standard InChI is InChI=1S/C13H17NO3/c1-9(15)11-6-7-14(8-11)12-4-2-10(3-5-12)13(16)17/h2-5,9,11,15H,6-8H2,1H3,(H,16,17)/t9-,11-/m1/s1. The Morgan fingerprint density at radius 2 is 2.06 bits per heavy atom. The van der Waals surface area contributed by atoms with Crippen LogP contribution in [-0.2, 0) is 0 Å². The smallest absolute Gasteiger partial charge is 0.335 e. The van der Waals surface area contributed by atoms with Crippen molar-refractivity contribution in [3.63, 3.8) is 0 Å². The van der Waals surface area contributed by atoms with Crippen LogP contribution in [0.2, 0.25) is 0 Å². The van der Waals surface area contributed by atoms with Crippen LogP contribution in [0.25, 0.3) is 0 Å². The lowest BCUT2D eigenvalue weighted by molar-refractivity contribution is 0.0697. The number of hydrogen-bond donors (Lipinski definition) is 2. The van der Waals surface area contributed by atoms with Gasteiger partial charge in [-0.05, 0) is 37.6 Å². The number of nitrogens with zero attached hydrogens (tertiary/aromatic N) is 1. The Morgan fingerprint density at radius 1 is 1.41 bits per heavy atom. The highest BCUT2D eigenvalue weighted by molar-refractivity contribution is 5.88. The highest BCUT2D eigenvalue weighted by Crippen LogP contribution is 2.25. The predicted molar refractivity (Wildman–Crippen MR) is 65.4 cm³/mol. The average molecular weight is 235 g/mol. The van der Waals surface area contributed by atoms with Gasteiger partial charge in [-0.2, -0.15) is 0 Å². The van der Waals surface area contributed by atoms with E-state index in [1.807, 2.05) is 19.1 Å². The molecular formula is C13H17NO3. The van der Waals surface area contributed by atoms with E-state index in [0.29, 0.717) is 11.5 Å². The van der Waals surface area contributed by atoms with Gasteiger partial charge in [-0.15, -0.1) is 0 Å². The third-order valence-electron chi connectivity index (χ3n) is 3.39. The maximum absolute atomic E-state index is 10.7. The van der Waals surface area contributed by atoms with Gasteiger partial charge < -0.3 is 15.1 Å². The second-order valence-corrected chi connectivity index (χ2v) is 4.59. The third-order valence-corrected chi connectivity index (χ3v) is 3.39. The van der Waals surface area contributed by atoms with Gasteiger partial charge in [0.1, 0.15) is 0 Å². The van der Waals surface area contributed by atoms with Gasteiger partial charge in [-0.25, -0.2) is 4.79 Å². The molecule has 1 aliphatic heterocycles. The van der Waals surface area contributed by atoms with Crippen molar-refractivity contribution in [3.8, 4) is 0 Å². The monoisotopic (exact) mass is 235 g/mol. The van der Waals surface area contributed by atoms with Crippen molar-refractivity contribution in [2.24, 2.45) is 5.92 Å². The van der Waals surface area contributed by atoms with Gasteiger partial charge in [0.25, 0.3) is 0 Å². The SMILES string of the molecule is C[C@@H](O)[C@@H]1CCN(c2ccc(C(=O)O)cc2)C1. The molecule has 0 saturated carbocycles. The summed E-state index contributed by atoms with van der Waals surface area (Å²) in [6, 6.07) is 6.89. The Labute approximate surface area is 100 Å². The van der Waals surface area contributed by atoms with E-state index in [9.17, 15) is 9.90 Å². The number of aliphatic hydroxyl groups is 1. The first-order chi connectivity index (χ1) is 8.08. The zero-order chi connectivity index (χ0) is 12.4. The molecular weight excluding hydrogens is 218 g/mol. The Bertz CT molecular complexity index is 400. The van der Waals surface area contributed by atoms with Crippen molar-refractivity contribution in [1.82, 2.24) is 0 Å². The van der Waals surface area contributed by atoms with E-state index in [1.165, 1.54) is 0 Å².